The minimum absolute atomic E-state index is 0.125. The van der Waals surface area contributed by atoms with Gasteiger partial charge in [-0.25, -0.2) is 4.79 Å². The highest BCUT2D eigenvalue weighted by Crippen LogP contribution is 2.43. The molecule has 52 heavy (non-hydrogen) atoms. The number of nitrogens with one attached hydrogen (secondary N) is 2. The van der Waals surface area contributed by atoms with Crippen molar-refractivity contribution in [3.63, 3.8) is 0 Å². The molecule has 1 unspecified atom stereocenters. The Hall–Kier alpha value is -5.82. The van der Waals surface area contributed by atoms with E-state index in [0.717, 1.165) is 21.4 Å². The lowest BCUT2D eigenvalue weighted by Gasteiger charge is -2.38. The predicted molar refractivity (Wildman–Crippen MR) is 195 cm³/mol. The van der Waals surface area contributed by atoms with Crippen molar-refractivity contribution in [1.82, 2.24) is 20.1 Å². The molecular weight excluding hydrogens is 668 g/mol. The fraction of sp³-hybridized carbons (Fsp3) is 0.333. The van der Waals surface area contributed by atoms with Crippen LogP contribution >= 0.6 is 0 Å². The molecule has 1 atom stereocenters. The van der Waals surface area contributed by atoms with E-state index < -0.39 is 35.4 Å². The fourth-order valence-electron chi connectivity index (χ4n) is 6.44. The molecular formula is C39H44N4O9. The van der Waals surface area contributed by atoms with Crippen molar-refractivity contribution in [3.05, 3.63) is 89.6 Å². The van der Waals surface area contributed by atoms with Gasteiger partial charge in [0.1, 0.15) is 6.04 Å². The Kier molecular flexibility index (Phi) is 11.5. The SMILES string of the molecule is COc1cc(C2=C(c3cn(CCCNC(=O)C(COCc4ccccc4)N(C(=O)O)C(C)(C)C)c4ccccc34)C(=O)NC2=O)cc(OC)c1OC. The second-order valence-electron chi connectivity index (χ2n) is 13.2. The number of aryl methyl sites for hydroxylation is 1. The number of fused-ring (bicyclic) bond motifs is 1. The molecule has 0 aliphatic carbocycles. The average molecular weight is 713 g/mol. The van der Waals surface area contributed by atoms with Crippen molar-refractivity contribution in [2.45, 2.75) is 51.9 Å². The highest BCUT2D eigenvalue weighted by Gasteiger charge is 2.38. The summed E-state index contributed by atoms with van der Waals surface area (Å²) in [4.78, 5) is 53.7. The van der Waals surface area contributed by atoms with Crippen LogP contribution in [0.5, 0.6) is 17.2 Å². The number of hydrogen-bond acceptors (Lipinski definition) is 8. The summed E-state index contributed by atoms with van der Waals surface area (Å²) in [6.45, 7) is 5.98. The van der Waals surface area contributed by atoms with Crippen LogP contribution in [0.3, 0.4) is 0 Å². The number of carbonyl (C=O) groups excluding carboxylic acids is 3. The number of para-hydroxylation sites is 1. The van der Waals surface area contributed by atoms with Gasteiger partial charge in [0, 0.05) is 41.3 Å². The minimum atomic E-state index is -1.23. The quantitative estimate of drug-likeness (QED) is 0.113. The van der Waals surface area contributed by atoms with Crippen molar-refractivity contribution in [2.75, 3.05) is 34.5 Å². The number of carbonyl (C=O) groups is 4. The van der Waals surface area contributed by atoms with Gasteiger partial charge in [0.2, 0.25) is 11.7 Å². The van der Waals surface area contributed by atoms with Gasteiger partial charge in [-0.15, -0.1) is 0 Å². The topological polar surface area (TPSA) is 158 Å². The van der Waals surface area contributed by atoms with Crippen LogP contribution < -0.4 is 24.8 Å². The molecule has 274 valence electrons. The monoisotopic (exact) mass is 712 g/mol. The highest BCUT2D eigenvalue weighted by molar-refractivity contribution is 6.50. The molecule has 3 N–H and O–H groups in total. The van der Waals surface area contributed by atoms with Crippen molar-refractivity contribution < 1.29 is 43.2 Å². The van der Waals surface area contributed by atoms with Crippen LogP contribution in [0.25, 0.3) is 22.0 Å². The Bertz CT molecular complexity index is 1970. The zero-order chi connectivity index (χ0) is 37.6. The average Bonchev–Trinajstić information content (AvgIpc) is 3.63. The van der Waals surface area contributed by atoms with Crippen LogP contribution in [-0.4, -0.2) is 84.5 Å². The number of nitrogens with zero attached hydrogens (tertiary/aromatic N) is 2. The van der Waals surface area contributed by atoms with E-state index >= 15 is 0 Å². The largest absolute Gasteiger partial charge is 0.493 e. The Labute approximate surface area is 302 Å². The van der Waals surface area contributed by atoms with E-state index in [1.165, 1.54) is 21.3 Å². The first-order chi connectivity index (χ1) is 24.9. The predicted octanol–water partition coefficient (Wildman–Crippen LogP) is 5.10. The van der Waals surface area contributed by atoms with Gasteiger partial charge < -0.3 is 33.9 Å². The van der Waals surface area contributed by atoms with Crippen molar-refractivity contribution in [1.29, 1.82) is 0 Å². The number of benzene rings is 3. The van der Waals surface area contributed by atoms with E-state index in [1.54, 1.807) is 32.9 Å². The van der Waals surface area contributed by atoms with E-state index in [4.69, 9.17) is 18.9 Å². The zero-order valence-electron chi connectivity index (χ0n) is 30.1. The standard InChI is InChI=1S/C39H44N4O9/c1-39(2,3)43(38(47)48)29(23-52-22-24-13-8-7-9-14-24)35(44)40-17-12-18-42-21-27(26-15-10-11-16-28(26)42)33-32(36(45)41-37(33)46)25-19-30(49-4)34(51-6)31(20-25)50-5/h7-11,13-16,19-21,29H,12,17-18,22-23H2,1-6H3,(H,40,44)(H,47,48)(H,41,45,46). The van der Waals surface area contributed by atoms with Gasteiger partial charge in [-0.05, 0) is 56.5 Å². The van der Waals surface area contributed by atoms with Crippen LogP contribution in [0.15, 0.2) is 72.9 Å². The molecule has 5 rings (SSSR count). The fourth-order valence-corrected chi connectivity index (χ4v) is 6.44. The first-order valence-corrected chi connectivity index (χ1v) is 16.8. The minimum Gasteiger partial charge on any atom is -0.493 e. The number of methoxy groups -OCH3 is 3. The van der Waals surface area contributed by atoms with Gasteiger partial charge >= 0.3 is 6.09 Å². The molecule has 4 aromatic rings. The molecule has 0 spiro atoms. The maximum absolute atomic E-state index is 13.5. The zero-order valence-corrected chi connectivity index (χ0v) is 30.1. The summed E-state index contributed by atoms with van der Waals surface area (Å²) in [6, 6.07) is 19.1. The maximum atomic E-state index is 13.5. The summed E-state index contributed by atoms with van der Waals surface area (Å²) < 4.78 is 24.3. The highest BCUT2D eigenvalue weighted by atomic mass is 16.5. The number of ether oxygens (including phenoxy) is 4. The number of rotatable bonds is 15. The summed E-state index contributed by atoms with van der Waals surface area (Å²) in [7, 11) is 4.42. The second kappa shape index (κ2) is 16.0. The van der Waals surface area contributed by atoms with Crippen LogP contribution in [0.2, 0.25) is 0 Å². The van der Waals surface area contributed by atoms with E-state index in [1.807, 2.05) is 65.4 Å². The third kappa shape index (κ3) is 7.89. The molecule has 4 amide bonds. The summed E-state index contributed by atoms with van der Waals surface area (Å²) in [5, 5.41) is 16.2. The number of imide groups is 1. The second-order valence-corrected chi connectivity index (χ2v) is 13.2. The van der Waals surface area contributed by atoms with Crippen LogP contribution in [-0.2, 0) is 32.3 Å². The Morgan fingerprint density at radius 3 is 2.15 bits per heavy atom. The Morgan fingerprint density at radius 1 is 0.904 bits per heavy atom. The normalized spacial score (nSPS) is 13.6. The molecule has 3 aromatic carbocycles. The van der Waals surface area contributed by atoms with E-state index in [9.17, 15) is 24.3 Å². The number of carboxylic acid groups (broad SMARTS) is 1. The number of aromatic nitrogens is 1. The van der Waals surface area contributed by atoms with Crippen molar-refractivity contribution in [3.8, 4) is 17.2 Å². The summed E-state index contributed by atoms with van der Waals surface area (Å²) in [5.74, 6) is -0.541. The van der Waals surface area contributed by atoms with Gasteiger partial charge in [-0.1, -0.05) is 48.5 Å². The molecule has 1 aliphatic heterocycles. The molecule has 0 fully saturated rings. The molecule has 0 saturated carbocycles. The van der Waals surface area contributed by atoms with E-state index in [0.29, 0.717) is 41.3 Å². The van der Waals surface area contributed by atoms with Crippen molar-refractivity contribution in [2.24, 2.45) is 0 Å². The molecule has 1 aromatic heterocycles. The van der Waals surface area contributed by atoms with Gasteiger partial charge in [-0.2, -0.15) is 0 Å². The molecule has 1 aliphatic rings. The molecule has 13 nitrogen and oxygen atoms in total. The summed E-state index contributed by atoms with van der Waals surface area (Å²) in [6.07, 6.45) is 1.08. The van der Waals surface area contributed by atoms with Gasteiger partial charge in [0.25, 0.3) is 11.8 Å². The third-order valence-electron chi connectivity index (χ3n) is 8.75. The lowest BCUT2D eigenvalue weighted by molar-refractivity contribution is -0.130. The maximum Gasteiger partial charge on any atom is 0.408 e. The lowest BCUT2D eigenvalue weighted by atomic mass is 9.95. The third-order valence-corrected chi connectivity index (χ3v) is 8.75. The Morgan fingerprint density at radius 2 is 1.54 bits per heavy atom. The first-order valence-electron chi connectivity index (χ1n) is 16.8. The number of amides is 4. The number of hydrogen-bond donors (Lipinski definition) is 3. The van der Waals surface area contributed by atoms with Gasteiger partial charge in [0.05, 0.1) is 45.7 Å². The van der Waals surface area contributed by atoms with Gasteiger partial charge in [-0.3, -0.25) is 24.6 Å². The molecule has 13 heteroatoms. The molecule has 2 heterocycles. The molecule has 0 radical (unpaired) electrons. The van der Waals surface area contributed by atoms with Gasteiger partial charge in [0.15, 0.2) is 11.5 Å². The van der Waals surface area contributed by atoms with Crippen molar-refractivity contribution >= 4 is 45.9 Å². The van der Waals surface area contributed by atoms with E-state index in [-0.39, 0.29) is 30.9 Å². The Balaban J connectivity index is 1.38. The summed E-state index contributed by atoms with van der Waals surface area (Å²) in [5.41, 5.74) is 2.21. The molecule has 0 saturated heterocycles. The van der Waals surface area contributed by atoms with Crippen LogP contribution in [0, 0.1) is 0 Å². The van der Waals surface area contributed by atoms with Crippen LogP contribution in [0.4, 0.5) is 4.79 Å². The summed E-state index contributed by atoms with van der Waals surface area (Å²) >= 11 is 0. The lowest BCUT2D eigenvalue weighted by Crippen LogP contribution is -2.58. The molecule has 0 bridgehead atoms. The smallest absolute Gasteiger partial charge is 0.408 e. The van der Waals surface area contributed by atoms with Crippen LogP contribution in [0.1, 0.15) is 43.9 Å². The van der Waals surface area contributed by atoms with E-state index in [2.05, 4.69) is 10.6 Å². The first kappa shape index (κ1) is 37.4.